The van der Waals surface area contributed by atoms with Crippen molar-refractivity contribution in [1.29, 1.82) is 0 Å². The molecule has 1 atom stereocenters. The number of rotatable bonds is 6. The van der Waals surface area contributed by atoms with Crippen LogP contribution < -0.4 is 0 Å². The van der Waals surface area contributed by atoms with E-state index in [1.807, 2.05) is 5.18 Å². The maximum Gasteiger partial charge on any atom is 0.336 e. The number of amides is 1. The summed E-state index contributed by atoms with van der Waals surface area (Å²) in [4.78, 5) is 51.4. The highest BCUT2D eigenvalue weighted by atomic mass is 16.4. The highest BCUT2D eigenvalue weighted by molar-refractivity contribution is 5.91. The smallest absolute Gasteiger partial charge is 0.336 e. The van der Waals surface area contributed by atoms with Crippen molar-refractivity contribution in [3.8, 4) is 0 Å². The van der Waals surface area contributed by atoms with Crippen LogP contribution in [-0.2, 0) is 14.4 Å². The molecule has 1 amide bonds. The summed E-state index contributed by atoms with van der Waals surface area (Å²) in [5, 5.41) is 20.9. The predicted molar refractivity (Wildman–Crippen MR) is 43.8 cm³/mol. The minimum Gasteiger partial charge on any atom is -0.481 e. The molecule has 0 radical (unpaired) electrons. The van der Waals surface area contributed by atoms with Crippen LogP contribution in [0.3, 0.4) is 0 Å². The minimum absolute atomic E-state index is 1.17. The SMILES string of the molecule is O=NC(=O)CC(CC(=O)O)(N=O)C(=O)O. The van der Waals surface area contributed by atoms with Gasteiger partial charge in [0.25, 0.3) is 5.91 Å². The van der Waals surface area contributed by atoms with Gasteiger partial charge < -0.3 is 10.2 Å². The third-order valence-electron chi connectivity index (χ3n) is 1.56. The number of hydrogen-bond acceptors (Lipinski definition) is 6. The van der Waals surface area contributed by atoms with Crippen molar-refractivity contribution in [3.63, 3.8) is 0 Å². The summed E-state index contributed by atoms with van der Waals surface area (Å²) < 4.78 is 0. The lowest BCUT2D eigenvalue weighted by Gasteiger charge is -2.16. The number of carbonyl (C=O) groups excluding carboxylic acids is 1. The molecular formula is C6H6N2O7. The molecule has 9 heteroatoms. The third-order valence-corrected chi connectivity index (χ3v) is 1.56. The summed E-state index contributed by atoms with van der Waals surface area (Å²) in [7, 11) is 0. The van der Waals surface area contributed by atoms with E-state index in [9.17, 15) is 24.2 Å². The van der Waals surface area contributed by atoms with Crippen molar-refractivity contribution in [2.24, 2.45) is 10.4 Å². The molecule has 0 heterocycles. The highest BCUT2D eigenvalue weighted by Gasteiger charge is 2.45. The fraction of sp³-hybridized carbons (Fsp3) is 0.500. The second-order valence-corrected chi connectivity index (χ2v) is 2.66. The van der Waals surface area contributed by atoms with Crippen LogP contribution in [0.15, 0.2) is 10.4 Å². The van der Waals surface area contributed by atoms with E-state index in [4.69, 9.17) is 10.2 Å². The van der Waals surface area contributed by atoms with Gasteiger partial charge in [0.05, 0.1) is 12.8 Å². The fourth-order valence-corrected chi connectivity index (χ4v) is 0.850. The molecule has 0 aromatic carbocycles. The van der Waals surface area contributed by atoms with E-state index in [-0.39, 0.29) is 0 Å². The molecule has 0 aliphatic carbocycles. The average Bonchev–Trinajstić information content (AvgIpc) is 2.15. The van der Waals surface area contributed by atoms with Gasteiger partial charge in [0.1, 0.15) is 0 Å². The molecule has 0 saturated heterocycles. The number of nitroso groups, excluding NO2 is 2. The van der Waals surface area contributed by atoms with Gasteiger partial charge in [0.2, 0.25) is 5.54 Å². The van der Waals surface area contributed by atoms with E-state index in [1.165, 1.54) is 0 Å². The minimum atomic E-state index is -2.67. The van der Waals surface area contributed by atoms with Gasteiger partial charge in [-0.1, -0.05) is 0 Å². The standard InChI is InChI=1S/C6H6N2O7/c9-3(7-14)1-6(8-15,5(12)13)2-4(10)11/h1-2H2,(H,10,11)(H,12,13). The zero-order valence-corrected chi connectivity index (χ0v) is 7.24. The topological polar surface area (TPSA) is 151 Å². The normalized spacial score (nSPS) is 13.6. The van der Waals surface area contributed by atoms with Crippen LogP contribution in [0.1, 0.15) is 12.8 Å². The van der Waals surface area contributed by atoms with Gasteiger partial charge in [-0.2, -0.15) is 0 Å². The summed E-state index contributed by atoms with van der Waals surface area (Å²) in [6.45, 7) is 0. The molecule has 15 heavy (non-hydrogen) atoms. The Balaban J connectivity index is 5.05. The summed E-state index contributed by atoms with van der Waals surface area (Å²) in [5.74, 6) is -4.97. The van der Waals surface area contributed by atoms with Crippen molar-refractivity contribution in [1.82, 2.24) is 0 Å². The van der Waals surface area contributed by atoms with E-state index in [0.717, 1.165) is 0 Å². The van der Waals surface area contributed by atoms with E-state index >= 15 is 0 Å². The van der Waals surface area contributed by atoms with Crippen molar-refractivity contribution >= 4 is 17.8 Å². The zero-order valence-electron chi connectivity index (χ0n) is 7.24. The molecule has 0 bridgehead atoms. The van der Waals surface area contributed by atoms with Crippen LogP contribution >= 0.6 is 0 Å². The molecule has 0 spiro atoms. The Labute approximate surface area is 82.0 Å². The summed E-state index contributed by atoms with van der Waals surface area (Å²) in [6.07, 6.45) is -2.35. The second kappa shape index (κ2) is 4.88. The molecule has 0 fully saturated rings. The lowest BCUT2D eigenvalue weighted by atomic mass is 9.92. The first-order valence-electron chi connectivity index (χ1n) is 3.54. The number of hydrogen-bond donors (Lipinski definition) is 2. The number of aliphatic carboxylic acids is 2. The number of nitrogens with zero attached hydrogens (tertiary/aromatic N) is 2. The first-order chi connectivity index (χ1) is 6.88. The fourth-order valence-electron chi connectivity index (χ4n) is 0.850. The van der Waals surface area contributed by atoms with Crippen LogP contribution in [0.5, 0.6) is 0 Å². The van der Waals surface area contributed by atoms with Gasteiger partial charge in [-0.15, -0.1) is 9.81 Å². The first-order valence-corrected chi connectivity index (χ1v) is 3.54. The van der Waals surface area contributed by atoms with Crippen LogP contribution in [-0.4, -0.2) is 33.6 Å². The Morgan fingerprint density at radius 1 is 1.07 bits per heavy atom. The Hall–Kier alpha value is -2.19. The summed E-state index contributed by atoms with van der Waals surface area (Å²) >= 11 is 0. The number of carboxylic acid groups (broad SMARTS) is 2. The van der Waals surface area contributed by atoms with E-state index in [2.05, 4.69) is 5.18 Å². The van der Waals surface area contributed by atoms with Crippen molar-refractivity contribution in [2.75, 3.05) is 0 Å². The van der Waals surface area contributed by atoms with Gasteiger partial charge in [0.15, 0.2) is 0 Å². The van der Waals surface area contributed by atoms with E-state index in [1.54, 1.807) is 0 Å². The molecule has 0 aliphatic rings. The van der Waals surface area contributed by atoms with Gasteiger partial charge in [-0.05, 0) is 5.18 Å². The van der Waals surface area contributed by atoms with Crippen LogP contribution in [0.4, 0.5) is 0 Å². The van der Waals surface area contributed by atoms with Crippen LogP contribution in [0.25, 0.3) is 0 Å². The number of carbonyl (C=O) groups is 3. The molecule has 1 unspecified atom stereocenters. The van der Waals surface area contributed by atoms with Crippen molar-refractivity contribution in [3.05, 3.63) is 9.81 Å². The summed E-state index contributed by atoms with van der Waals surface area (Å²) in [5.41, 5.74) is -2.67. The molecule has 9 nitrogen and oxygen atoms in total. The maximum atomic E-state index is 10.6. The molecule has 0 aromatic heterocycles. The molecule has 82 valence electrons. The van der Waals surface area contributed by atoms with E-state index < -0.39 is 36.2 Å². The maximum absolute atomic E-state index is 10.6. The Bertz CT molecular complexity index is 325. The zero-order chi connectivity index (χ0) is 12.1. The molecule has 0 aromatic rings. The average molecular weight is 218 g/mol. The van der Waals surface area contributed by atoms with Gasteiger partial charge in [0, 0.05) is 5.18 Å². The lowest BCUT2D eigenvalue weighted by Crippen LogP contribution is -2.40. The van der Waals surface area contributed by atoms with Crippen LogP contribution in [0, 0.1) is 9.81 Å². The Morgan fingerprint density at radius 3 is 1.87 bits per heavy atom. The Morgan fingerprint density at radius 2 is 1.60 bits per heavy atom. The lowest BCUT2D eigenvalue weighted by molar-refractivity contribution is -0.151. The van der Waals surface area contributed by atoms with E-state index in [0.29, 0.717) is 0 Å². The second-order valence-electron chi connectivity index (χ2n) is 2.66. The summed E-state index contributed by atoms with van der Waals surface area (Å²) in [6, 6.07) is 0. The number of carboxylic acids is 2. The molecule has 2 N–H and O–H groups in total. The van der Waals surface area contributed by atoms with Crippen molar-refractivity contribution in [2.45, 2.75) is 18.4 Å². The van der Waals surface area contributed by atoms with Gasteiger partial charge in [-0.3, -0.25) is 9.59 Å². The molecular weight excluding hydrogens is 212 g/mol. The molecule has 0 saturated carbocycles. The first kappa shape index (κ1) is 12.8. The quantitative estimate of drug-likeness (QED) is 0.582. The third kappa shape index (κ3) is 3.21. The largest absolute Gasteiger partial charge is 0.481 e. The monoisotopic (exact) mass is 218 g/mol. The highest BCUT2D eigenvalue weighted by Crippen LogP contribution is 2.22. The van der Waals surface area contributed by atoms with Crippen LogP contribution in [0.2, 0.25) is 0 Å². The molecule has 0 aliphatic heterocycles. The van der Waals surface area contributed by atoms with Gasteiger partial charge in [-0.25, -0.2) is 4.79 Å². The Kier molecular flexibility index (Phi) is 4.17. The van der Waals surface area contributed by atoms with Gasteiger partial charge >= 0.3 is 11.9 Å². The van der Waals surface area contributed by atoms with Crippen molar-refractivity contribution < 1.29 is 24.6 Å². The molecule has 0 rings (SSSR count). The predicted octanol–water partition coefficient (Wildman–Crippen LogP) is -0.266.